The van der Waals surface area contributed by atoms with Crippen molar-refractivity contribution in [1.29, 1.82) is 0 Å². The third kappa shape index (κ3) is 4.19. The molecule has 4 unspecified atom stereocenters. The van der Waals surface area contributed by atoms with E-state index in [2.05, 4.69) is 0 Å². The first kappa shape index (κ1) is 30.5. The third-order valence-corrected chi connectivity index (χ3v) is 13.0. The zero-order valence-electron chi connectivity index (χ0n) is 24.9. The molecule has 0 amide bonds. The lowest BCUT2D eigenvalue weighted by Gasteiger charge is -2.73. The summed E-state index contributed by atoms with van der Waals surface area (Å²) in [6.45, 7) is 0. The van der Waals surface area contributed by atoms with Gasteiger partial charge in [-0.05, 0) is 122 Å². The second kappa shape index (κ2) is 9.88. The van der Waals surface area contributed by atoms with Crippen molar-refractivity contribution >= 4 is 12.2 Å². The summed E-state index contributed by atoms with van der Waals surface area (Å²) in [5, 5.41) is 0. The number of hydrogen-bond acceptors (Lipinski definition) is 0. The fourth-order valence-corrected chi connectivity index (χ4v) is 12.4. The Bertz CT molecular complexity index is 1510. The average Bonchev–Trinajstić information content (AvgIpc) is 2.99. The molecule has 2 aromatic rings. The molecule has 0 saturated heterocycles. The van der Waals surface area contributed by atoms with Crippen molar-refractivity contribution in [3.63, 3.8) is 0 Å². The molecule has 8 fully saturated rings. The first-order chi connectivity index (χ1) is 21.7. The summed E-state index contributed by atoms with van der Waals surface area (Å²) in [7, 11) is 0. The molecule has 0 aliphatic heterocycles. The Morgan fingerprint density at radius 2 is 0.630 bits per heavy atom. The van der Waals surface area contributed by atoms with Crippen LogP contribution in [0.4, 0.5) is 43.9 Å². The van der Waals surface area contributed by atoms with Crippen molar-refractivity contribution in [1.82, 2.24) is 0 Å². The van der Waals surface area contributed by atoms with E-state index in [1.165, 1.54) is 0 Å². The molecule has 0 heterocycles. The monoisotopic (exact) mass is 654 g/mol. The van der Waals surface area contributed by atoms with Crippen LogP contribution in [0.2, 0.25) is 0 Å². The summed E-state index contributed by atoms with van der Waals surface area (Å²) >= 11 is 0. The van der Waals surface area contributed by atoms with Gasteiger partial charge in [0.15, 0.2) is 46.5 Å². The van der Waals surface area contributed by atoms with E-state index in [-0.39, 0.29) is 10.8 Å². The Labute approximate surface area is 259 Å². The van der Waals surface area contributed by atoms with E-state index in [4.69, 9.17) is 0 Å². The van der Waals surface area contributed by atoms with E-state index in [0.29, 0.717) is 23.7 Å². The van der Waals surface area contributed by atoms with Crippen LogP contribution in [0.5, 0.6) is 0 Å². The molecule has 46 heavy (non-hydrogen) atoms. The van der Waals surface area contributed by atoms with Crippen LogP contribution in [0.25, 0.3) is 12.2 Å². The van der Waals surface area contributed by atoms with Crippen molar-refractivity contribution in [2.45, 2.75) is 77.0 Å². The zero-order valence-corrected chi connectivity index (χ0v) is 24.9. The lowest BCUT2D eigenvalue weighted by atomic mass is 9.31. The van der Waals surface area contributed by atoms with E-state index in [9.17, 15) is 43.9 Å². The fourth-order valence-electron chi connectivity index (χ4n) is 12.4. The molecule has 246 valence electrons. The van der Waals surface area contributed by atoms with Crippen LogP contribution < -0.4 is 0 Å². The topological polar surface area (TPSA) is 0 Å². The average molecular weight is 655 g/mol. The van der Waals surface area contributed by atoms with Gasteiger partial charge in [0.25, 0.3) is 0 Å². The molecular formula is C36H32F10. The van der Waals surface area contributed by atoms with Gasteiger partial charge in [-0.1, -0.05) is 24.3 Å². The van der Waals surface area contributed by atoms with Crippen molar-refractivity contribution in [2.75, 3.05) is 0 Å². The quantitative estimate of drug-likeness (QED) is 0.171. The highest BCUT2D eigenvalue weighted by Crippen LogP contribution is 2.79. The molecule has 4 atom stereocenters. The Morgan fingerprint density at radius 3 is 0.913 bits per heavy atom. The van der Waals surface area contributed by atoms with E-state index in [0.717, 1.165) is 89.2 Å². The SMILES string of the molecule is Fc1c(F)c(F)c(C=CC23CC4CC(C2)CC(C25CC6CC(CC(C=Cc7c(F)c(F)c(F)c(F)c7F)(C6)C2)C5)(C4)C3)c(F)c1F. The minimum atomic E-state index is -2.19. The van der Waals surface area contributed by atoms with Crippen molar-refractivity contribution in [3.8, 4) is 0 Å². The first-order valence-electron chi connectivity index (χ1n) is 16.1. The predicted molar refractivity (Wildman–Crippen MR) is 150 cm³/mol. The molecule has 10 rings (SSSR count). The summed E-state index contributed by atoms with van der Waals surface area (Å²) in [4.78, 5) is 0. The van der Waals surface area contributed by atoms with Gasteiger partial charge in [0.1, 0.15) is 0 Å². The summed E-state index contributed by atoms with van der Waals surface area (Å²) < 4.78 is 142. The van der Waals surface area contributed by atoms with Crippen molar-refractivity contribution in [2.24, 2.45) is 45.3 Å². The van der Waals surface area contributed by atoms with Crippen LogP contribution in [-0.2, 0) is 0 Å². The molecule has 2 aromatic carbocycles. The van der Waals surface area contributed by atoms with E-state index >= 15 is 0 Å². The molecule has 8 bridgehead atoms. The smallest absolute Gasteiger partial charge is 0.200 e. The van der Waals surface area contributed by atoms with Gasteiger partial charge in [-0.15, -0.1) is 0 Å². The van der Waals surface area contributed by atoms with Crippen LogP contribution in [0.15, 0.2) is 12.2 Å². The Hall–Kier alpha value is -2.78. The molecule has 0 nitrogen and oxygen atoms in total. The lowest BCUT2D eigenvalue weighted by Crippen LogP contribution is -2.64. The van der Waals surface area contributed by atoms with E-state index in [1.807, 2.05) is 0 Å². The summed E-state index contributed by atoms with van der Waals surface area (Å²) in [6, 6.07) is 0. The summed E-state index contributed by atoms with van der Waals surface area (Å²) in [5.41, 5.74) is -3.09. The molecule has 10 heteroatoms. The molecule has 0 spiro atoms. The third-order valence-electron chi connectivity index (χ3n) is 13.0. The highest BCUT2D eigenvalue weighted by Gasteiger charge is 2.69. The normalized spacial score (nSPS) is 39.1. The number of allylic oxidation sites excluding steroid dienone is 2. The predicted octanol–water partition coefficient (Wildman–Crippen LogP) is 11.0. The Kier molecular flexibility index (Phi) is 6.56. The second-order valence-corrected chi connectivity index (χ2v) is 15.8. The standard InChI is InChI=1S/C36H32F10/c37-23-21(24(38)28(42)31(45)27(23)41)1-3-33-7-17-5-18(8-33)12-35(11-17,15-33)36-13-19-6-20(14-36)10-34(9-19,16-36)4-2-22-25(39)29(43)32(46)30(44)26(22)40/h1-4,17-20H,5-16H2. The molecule has 0 aromatic heterocycles. The van der Waals surface area contributed by atoms with Crippen molar-refractivity contribution < 1.29 is 43.9 Å². The van der Waals surface area contributed by atoms with Crippen molar-refractivity contribution in [3.05, 3.63) is 81.5 Å². The van der Waals surface area contributed by atoms with Gasteiger partial charge in [0, 0.05) is 0 Å². The molecule has 0 radical (unpaired) electrons. The van der Waals surface area contributed by atoms with Gasteiger partial charge >= 0.3 is 0 Å². The number of halogens is 10. The van der Waals surface area contributed by atoms with E-state index in [1.54, 1.807) is 12.2 Å². The highest BCUT2D eigenvalue weighted by atomic mass is 19.2. The fraction of sp³-hybridized carbons (Fsp3) is 0.556. The minimum absolute atomic E-state index is 0.140. The van der Waals surface area contributed by atoms with Gasteiger partial charge < -0.3 is 0 Å². The first-order valence-corrected chi connectivity index (χ1v) is 16.1. The van der Waals surface area contributed by atoms with Crippen LogP contribution in [0.3, 0.4) is 0 Å². The lowest BCUT2D eigenvalue weighted by molar-refractivity contribution is -0.223. The largest absolute Gasteiger partial charge is 0.203 e. The van der Waals surface area contributed by atoms with Gasteiger partial charge in [-0.3, -0.25) is 0 Å². The summed E-state index contributed by atoms with van der Waals surface area (Å²) in [6.07, 6.45) is 16.0. The van der Waals surface area contributed by atoms with Gasteiger partial charge in [-0.25, -0.2) is 43.9 Å². The Balaban J connectivity index is 1.15. The van der Waals surface area contributed by atoms with Crippen LogP contribution in [0.1, 0.15) is 88.2 Å². The zero-order chi connectivity index (χ0) is 32.6. The minimum Gasteiger partial charge on any atom is -0.203 e. The molecule has 0 N–H and O–H groups in total. The molecular weight excluding hydrogens is 622 g/mol. The van der Waals surface area contributed by atoms with Gasteiger partial charge in [0.2, 0.25) is 11.6 Å². The Morgan fingerprint density at radius 1 is 0.370 bits per heavy atom. The number of benzene rings is 2. The maximum absolute atomic E-state index is 14.6. The number of rotatable bonds is 5. The molecule has 8 aliphatic rings. The van der Waals surface area contributed by atoms with Gasteiger partial charge in [0.05, 0.1) is 11.1 Å². The van der Waals surface area contributed by atoms with E-state index < -0.39 is 80.1 Å². The maximum Gasteiger partial charge on any atom is 0.200 e. The number of hydrogen-bond donors (Lipinski definition) is 0. The maximum atomic E-state index is 14.6. The molecule has 8 aliphatic carbocycles. The highest BCUT2D eigenvalue weighted by molar-refractivity contribution is 5.54. The molecule has 8 saturated carbocycles. The second-order valence-electron chi connectivity index (χ2n) is 15.8. The van der Waals surface area contributed by atoms with Crippen LogP contribution >= 0.6 is 0 Å². The van der Waals surface area contributed by atoms with Crippen LogP contribution in [0, 0.1) is 104 Å². The van der Waals surface area contributed by atoms with Gasteiger partial charge in [-0.2, -0.15) is 0 Å². The summed E-state index contributed by atoms with van der Waals surface area (Å²) in [5.74, 6) is -18.3. The van der Waals surface area contributed by atoms with Crippen LogP contribution in [-0.4, -0.2) is 0 Å².